The summed E-state index contributed by atoms with van der Waals surface area (Å²) in [5.74, 6) is 0.491. The van der Waals surface area contributed by atoms with Crippen molar-refractivity contribution in [1.82, 2.24) is 10.2 Å². The van der Waals surface area contributed by atoms with Gasteiger partial charge in [-0.25, -0.2) is 0 Å². The summed E-state index contributed by atoms with van der Waals surface area (Å²) in [6.45, 7) is 4.66. The molecule has 0 aliphatic carbocycles. The van der Waals surface area contributed by atoms with Crippen molar-refractivity contribution in [2.45, 2.75) is 26.3 Å². The highest BCUT2D eigenvalue weighted by molar-refractivity contribution is 5.97. The molecule has 5 heteroatoms. The van der Waals surface area contributed by atoms with Crippen molar-refractivity contribution >= 4 is 11.8 Å². The van der Waals surface area contributed by atoms with Crippen LogP contribution in [0.25, 0.3) is 0 Å². The second kappa shape index (κ2) is 5.94. The third kappa shape index (κ3) is 3.10. The number of benzene rings is 1. The van der Waals surface area contributed by atoms with E-state index in [0.29, 0.717) is 24.4 Å². The molecule has 5 nitrogen and oxygen atoms in total. The normalized spacial score (nSPS) is 17.9. The molecule has 0 aromatic heterocycles. The van der Waals surface area contributed by atoms with Crippen molar-refractivity contribution in [2.24, 2.45) is 0 Å². The molecular weight excluding hydrogens is 256 g/mol. The van der Waals surface area contributed by atoms with Crippen LogP contribution in [0.1, 0.15) is 29.3 Å². The van der Waals surface area contributed by atoms with Crippen LogP contribution in [0.15, 0.2) is 18.2 Å². The van der Waals surface area contributed by atoms with Gasteiger partial charge in [0.1, 0.15) is 5.75 Å². The van der Waals surface area contributed by atoms with Crippen LogP contribution in [-0.4, -0.2) is 43.0 Å². The molecule has 2 rings (SSSR count). The molecule has 1 saturated heterocycles. The molecule has 1 heterocycles. The van der Waals surface area contributed by atoms with Crippen LogP contribution in [0.3, 0.4) is 0 Å². The molecule has 108 valence electrons. The number of aryl methyl sites for hydroxylation is 1. The molecule has 1 aromatic rings. The standard InChI is InChI=1S/C15H20N2O3/c1-10-4-5-13(14(8-10)20-3)15(19)17-7-6-12(9-17)16-11(2)18/h4-5,8,12H,6-7,9H2,1-3H3,(H,16,18). The number of likely N-dealkylation sites (tertiary alicyclic amines) is 1. The van der Waals surface area contributed by atoms with Crippen LogP contribution in [0.5, 0.6) is 5.75 Å². The number of nitrogens with one attached hydrogen (secondary N) is 1. The molecule has 1 fully saturated rings. The lowest BCUT2D eigenvalue weighted by atomic mass is 10.1. The Labute approximate surface area is 118 Å². The fourth-order valence-corrected chi connectivity index (χ4v) is 2.50. The highest BCUT2D eigenvalue weighted by Gasteiger charge is 2.28. The Morgan fingerprint density at radius 1 is 1.40 bits per heavy atom. The predicted molar refractivity (Wildman–Crippen MR) is 75.9 cm³/mol. The highest BCUT2D eigenvalue weighted by Crippen LogP contribution is 2.23. The molecule has 1 unspecified atom stereocenters. The minimum Gasteiger partial charge on any atom is -0.496 e. The summed E-state index contributed by atoms with van der Waals surface area (Å²) in [5.41, 5.74) is 1.62. The molecule has 1 aliphatic rings. The first kappa shape index (κ1) is 14.4. The molecule has 0 saturated carbocycles. The number of methoxy groups -OCH3 is 1. The molecule has 1 atom stereocenters. The number of amides is 2. The fraction of sp³-hybridized carbons (Fsp3) is 0.467. The molecular formula is C15H20N2O3. The summed E-state index contributed by atoms with van der Waals surface area (Å²) in [5, 5.41) is 2.85. The van der Waals surface area contributed by atoms with E-state index in [1.807, 2.05) is 19.1 Å². The highest BCUT2D eigenvalue weighted by atomic mass is 16.5. The van der Waals surface area contributed by atoms with Gasteiger partial charge in [-0.3, -0.25) is 9.59 Å². The van der Waals surface area contributed by atoms with E-state index < -0.39 is 0 Å². The van der Waals surface area contributed by atoms with E-state index in [1.165, 1.54) is 6.92 Å². The smallest absolute Gasteiger partial charge is 0.257 e. The Morgan fingerprint density at radius 3 is 2.80 bits per heavy atom. The average Bonchev–Trinajstić information content (AvgIpc) is 2.85. The molecule has 1 N–H and O–H groups in total. The van der Waals surface area contributed by atoms with Crippen molar-refractivity contribution < 1.29 is 14.3 Å². The quantitative estimate of drug-likeness (QED) is 0.906. The summed E-state index contributed by atoms with van der Waals surface area (Å²) in [6.07, 6.45) is 0.791. The minimum atomic E-state index is -0.0581. The molecule has 20 heavy (non-hydrogen) atoms. The number of ether oxygens (including phenoxy) is 1. The maximum atomic E-state index is 12.5. The monoisotopic (exact) mass is 276 g/mol. The summed E-state index contributed by atoms with van der Waals surface area (Å²) in [7, 11) is 1.57. The first-order valence-electron chi connectivity index (χ1n) is 6.72. The van der Waals surface area contributed by atoms with Gasteiger partial charge in [-0.1, -0.05) is 6.07 Å². The Balaban J connectivity index is 2.11. The minimum absolute atomic E-state index is 0.0466. The van der Waals surface area contributed by atoms with Gasteiger partial charge < -0.3 is 15.0 Å². The summed E-state index contributed by atoms with van der Waals surface area (Å²) in [6, 6.07) is 5.60. The van der Waals surface area contributed by atoms with E-state index in [9.17, 15) is 9.59 Å². The van der Waals surface area contributed by atoms with E-state index in [-0.39, 0.29) is 17.9 Å². The van der Waals surface area contributed by atoms with E-state index in [1.54, 1.807) is 18.1 Å². The van der Waals surface area contributed by atoms with Crippen LogP contribution in [0.4, 0.5) is 0 Å². The molecule has 1 aromatic carbocycles. The van der Waals surface area contributed by atoms with Crippen molar-refractivity contribution in [2.75, 3.05) is 20.2 Å². The Morgan fingerprint density at radius 2 is 2.15 bits per heavy atom. The summed E-state index contributed by atoms with van der Waals surface area (Å²) < 4.78 is 5.28. The number of rotatable bonds is 3. The van der Waals surface area contributed by atoms with Gasteiger partial charge >= 0.3 is 0 Å². The van der Waals surface area contributed by atoms with E-state index in [2.05, 4.69) is 5.32 Å². The van der Waals surface area contributed by atoms with E-state index >= 15 is 0 Å². The SMILES string of the molecule is COc1cc(C)ccc1C(=O)N1CCC(NC(C)=O)C1. The summed E-state index contributed by atoms with van der Waals surface area (Å²) in [4.78, 5) is 25.3. The van der Waals surface area contributed by atoms with Crippen molar-refractivity contribution in [3.63, 3.8) is 0 Å². The maximum Gasteiger partial charge on any atom is 0.257 e. The van der Waals surface area contributed by atoms with Gasteiger partial charge in [0.25, 0.3) is 5.91 Å². The second-order valence-corrected chi connectivity index (χ2v) is 5.14. The molecule has 1 aliphatic heterocycles. The van der Waals surface area contributed by atoms with Gasteiger partial charge in [0.2, 0.25) is 5.91 Å². The van der Waals surface area contributed by atoms with Crippen molar-refractivity contribution in [3.05, 3.63) is 29.3 Å². The molecule has 2 amide bonds. The Kier molecular flexibility index (Phi) is 4.27. The fourth-order valence-electron chi connectivity index (χ4n) is 2.50. The number of hydrogen-bond donors (Lipinski definition) is 1. The van der Waals surface area contributed by atoms with Crippen LogP contribution in [0.2, 0.25) is 0 Å². The summed E-state index contributed by atoms with van der Waals surface area (Å²) >= 11 is 0. The topological polar surface area (TPSA) is 58.6 Å². The van der Waals surface area contributed by atoms with Crippen LogP contribution >= 0.6 is 0 Å². The van der Waals surface area contributed by atoms with E-state index in [4.69, 9.17) is 4.74 Å². The lowest BCUT2D eigenvalue weighted by molar-refractivity contribution is -0.119. The molecule has 0 spiro atoms. The molecule has 0 bridgehead atoms. The van der Waals surface area contributed by atoms with Gasteiger partial charge in [-0.2, -0.15) is 0 Å². The lowest BCUT2D eigenvalue weighted by Crippen LogP contribution is -2.37. The van der Waals surface area contributed by atoms with E-state index in [0.717, 1.165) is 12.0 Å². The third-order valence-electron chi connectivity index (χ3n) is 3.47. The van der Waals surface area contributed by atoms with Crippen LogP contribution in [0, 0.1) is 6.92 Å². The predicted octanol–water partition coefficient (Wildman–Crippen LogP) is 1.35. The zero-order chi connectivity index (χ0) is 14.7. The Hall–Kier alpha value is -2.04. The lowest BCUT2D eigenvalue weighted by Gasteiger charge is -2.18. The van der Waals surface area contributed by atoms with Gasteiger partial charge in [0.05, 0.1) is 12.7 Å². The first-order chi connectivity index (χ1) is 9.51. The second-order valence-electron chi connectivity index (χ2n) is 5.14. The van der Waals surface area contributed by atoms with Crippen molar-refractivity contribution in [3.8, 4) is 5.75 Å². The van der Waals surface area contributed by atoms with Gasteiger partial charge in [0.15, 0.2) is 0 Å². The molecule has 0 radical (unpaired) electrons. The Bertz CT molecular complexity index is 528. The zero-order valence-corrected chi connectivity index (χ0v) is 12.1. The van der Waals surface area contributed by atoms with Crippen LogP contribution < -0.4 is 10.1 Å². The first-order valence-corrected chi connectivity index (χ1v) is 6.72. The van der Waals surface area contributed by atoms with Crippen LogP contribution in [-0.2, 0) is 4.79 Å². The van der Waals surface area contributed by atoms with Gasteiger partial charge in [0, 0.05) is 26.1 Å². The third-order valence-corrected chi connectivity index (χ3v) is 3.47. The number of carbonyl (C=O) groups excluding carboxylic acids is 2. The zero-order valence-electron chi connectivity index (χ0n) is 12.1. The number of nitrogens with zero attached hydrogens (tertiary/aromatic N) is 1. The number of carbonyl (C=O) groups is 2. The largest absolute Gasteiger partial charge is 0.496 e. The average molecular weight is 276 g/mol. The van der Waals surface area contributed by atoms with Crippen molar-refractivity contribution in [1.29, 1.82) is 0 Å². The van der Waals surface area contributed by atoms with Gasteiger partial charge in [-0.05, 0) is 31.0 Å². The number of hydrogen-bond acceptors (Lipinski definition) is 3. The maximum absolute atomic E-state index is 12.5. The van der Waals surface area contributed by atoms with Gasteiger partial charge in [-0.15, -0.1) is 0 Å².